The number of ketones is 1. The number of nitrogens with one attached hydrogen (secondary N) is 1. The van der Waals surface area contributed by atoms with Crippen molar-refractivity contribution in [1.29, 1.82) is 0 Å². The molecule has 1 amide bonds. The van der Waals surface area contributed by atoms with E-state index < -0.39 is 36.2 Å². The van der Waals surface area contributed by atoms with E-state index in [4.69, 9.17) is 20.3 Å². The summed E-state index contributed by atoms with van der Waals surface area (Å²) >= 11 is 0. The Bertz CT molecular complexity index is 621. The Kier molecular flexibility index (Phi) is 6.63. The molecule has 4 atom stereocenters. The third kappa shape index (κ3) is 5.35. The molecular formula is C17H22N2O6. The maximum atomic E-state index is 12.6. The number of aliphatic carboxylic acids is 1. The Balaban J connectivity index is 1.96. The summed E-state index contributed by atoms with van der Waals surface area (Å²) in [6, 6.07) is 7.66. The number of ether oxygens (including phenoxy) is 2. The number of epoxide rings is 1. The summed E-state index contributed by atoms with van der Waals surface area (Å²) in [5.74, 6) is -2.17. The van der Waals surface area contributed by atoms with Crippen LogP contribution in [-0.4, -0.2) is 60.8 Å². The van der Waals surface area contributed by atoms with Gasteiger partial charge in [0.1, 0.15) is 0 Å². The molecule has 136 valence electrons. The second kappa shape index (κ2) is 8.70. The lowest BCUT2D eigenvalue weighted by atomic mass is 9.97. The SMILES string of the molecule is COCCC(NC(=O)[C@H]1O[C@@H]1C(=O)O)C(=O)[C@@H](N)Cc1ccccc1. The van der Waals surface area contributed by atoms with E-state index in [-0.39, 0.29) is 18.8 Å². The number of nitrogens with two attached hydrogens (primary N) is 1. The van der Waals surface area contributed by atoms with Crippen LogP contribution in [0.4, 0.5) is 0 Å². The summed E-state index contributed by atoms with van der Waals surface area (Å²) < 4.78 is 9.76. The van der Waals surface area contributed by atoms with Crippen molar-refractivity contribution in [2.45, 2.75) is 37.1 Å². The highest BCUT2D eigenvalue weighted by Gasteiger charge is 2.51. The van der Waals surface area contributed by atoms with Gasteiger partial charge in [-0.2, -0.15) is 0 Å². The summed E-state index contributed by atoms with van der Waals surface area (Å²) in [6.45, 7) is 0.253. The Hall–Kier alpha value is -2.29. The first kappa shape index (κ1) is 19.0. The van der Waals surface area contributed by atoms with E-state index in [1.54, 1.807) is 0 Å². The fourth-order valence-electron chi connectivity index (χ4n) is 2.50. The van der Waals surface area contributed by atoms with Gasteiger partial charge < -0.3 is 25.6 Å². The van der Waals surface area contributed by atoms with Crippen molar-refractivity contribution < 1.29 is 29.0 Å². The van der Waals surface area contributed by atoms with Crippen LogP contribution in [0.25, 0.3) is 0 Å². The summed E-state index contributed by atoms with van der Waals surface area (Å²) in [7, 11) is 1.48. The van der Waals surface area contributed by atoms with E-state index in [2.05, 4.69) is 5.32 Å². The van der Waals surface area contributed by atoms with Gasteiger partial charge in [-0.25, -0.2) is 4.79 Å². The second-order valence-corrected chi connectivity index (χ2v) is 5.86. The lowest BCUT2D eigenvalue weighted by Gasteiger charge is -2.21. The molecule has 1 aromatic carbocycles. The molecule has 1 heterocycles. The molecule has 1 unspecified atom stereocenters. The molecule has 0 aromatic heterocycles. The molecule has 1 fully saturated rings. The van der Waals surface area contributed by atoms with Gasteiger partial charge in [-0.1, -0.05) is 30.3 Å². The fraction of sp³-hybridized carbons (Fsp3) is 0.471. The fourth-order valence-corrected chi connectivity index (χ4v) is 2.50. The van der Waals surface area contributed by atoms with Gasteiger partial charge >= 0.3 is 5.97 Å². The quantitative estimate of drug-likeness (QED) is 0.485. The van der Waals surface area contributed by atoms with Crippen LogP contribution >= 0.6 is 0 Å². The van der Waals surface area contributed by atoms with Crippen LogP contribution in [0.1, 0.15) is 12.0 Å². The van der Waals surface area contributed by atoms with Gasteiger partial charge in [0.05, 0.1) is 12.1 Å². The normalized spacial score (nSPS) is 21.2. The molecule has 0 aliphatic carbocycles. The molecule has 1 aliphatic rings. The summed E-state index contributed by atoms with van der Waals surface area (Å²) in [6.07, 6.45) is -1.64. The van der Waals surface area contributed by atoms with Crippen molar-refractivity contribution in [1.82, 2.24) is 5.32 Å². The molecule has 0 bridgehead atoms. The van der Waals surface area contributed by atoms with Crippen molar-refractivity contribution >= 4 is 17.7 Å². The number of carboxylic acids is 1. The highest BCUT2D eigenvalue weighted by molar-refractivity contribution is 5.97. The number of hydrogen-bond acceptors (Lipinski definition) is 6. The van der Waals surface area contributed by atoms with Crippen LogP contribution in [0.2, 0.25) is 0 Å². The van der Waals surface area contributed by atoms with E-state index in [1.807, 2.05) is 30.3 Å². The van der Waals surface area contributed by atoms with Crippen molar-refractivity contribution in [3.05, 3.63) is 35.9 Å². The minimum Gasteiger partial charge on any atom is -0.479 e. The zero-order valence-electron chi connectivity index (χ0n) is 13.9. The molecule has 2 rings (SSSR count). The summed E-state index contributed by atoms with van der Waals surface area (Å²) in [4.78, 5) is 35.4. The number of benzene rings is 1. The van der Waals surface area contributed by atoms with Crippen molar-refractivity contribution in [3.63, 3.8) is 0 Å². The molecule has 1 saturated heterocycles. The maximum Gasteiger partial charge on any atom is 0.336 e. The van der Waals surface area contributed by atoms with Crippen LogP contribution in [-0.2, 0) is 30.3 Å². The van der Waals surface area contributed by atoms with Crippen molar-refractivity contribution in [2.75, 3.05) is 13.7 Å². The number of hydrogen-bond donors (Lipinski definition) is 3. The number of carbonyl (C=O) groups excluding carboxylic acids is 2. The second-order valence-electron chi connectivity index (χ2n) is 5.86. The molecule has 25 heavy (non-hydrogen) atoms. The number of rotatable bonds is 10. The molecular weight excluding hydrogens is 328 g/mol. The topological polar surface area (TPSA) is 131 Å². The highest BCUT2D eigenvalue weighted by atomic mass is 16.6. The van der Waals surface area contributed by atoms with E-state index in [9.17, 15) is 14.4 Å². The summed E-state index contributed by atoms with van der Waals surface area (Å²) in [5.41, 5.74) is 6.91. The Morgan fingerprint density at radius 3 is 2.52 bits per heavy atom. The molecule has 8 nitrogen and oxygen atoms in total. The molecule has 0 saturated carbocycles. The molecule has 0 radical (unpaired) electrons. The van der Waals surface area contributed by atoms with Gasteiger partial charge in [-0.3, -0.25) is 9.59 Å². The Labute approximate surface area is 145 Å². The minimum atomic E-state index is -1.21. The van der Waals surface area contributed by atoms with E-state index in [1.165, 1.54) is 7.11 Å². The number of amides is 1. The largest absolute Gasteiger partial charge is 0.479 e. The zero-order valence-corrected chi connectivity index (χ0v) is 13.9. The Morgan fingerprint density at radius 2 is 1.96 bits per heavy atom. The number of carboxylic acid groups (broad SMARTS) is 1. The van der Waals surface area contributed by atoms with Gasteiger partial charge in [0, 0.05) is 13.7 Å². The van der Waals surface area contributed by atoms with E-state index >= 15 is 0 Å². The van der Waals surface area contributed by atoms with Crippen LogP contribution in [0, 0.1) is 0 Å². The molecule has 0 spiro atoms. The average Bonchev–Trinajstić information content (AvgIpc) is 3.39. The van der Waals surface area contributed by atoms with Crippen LogP contribution < -0.4 is 11.1 Å². The molecule has 8 heteroatoms. The van der Waals surface area contributed by atoms with Gasteiger partial charge in [-0.15, -0.1) is 0 Å². The Morgan fingerprint density at radius 1 is 1.28 bits per heavy atom. The smallest absolute Gasteiger partial charge is 0.336 e. The third-order valence-corrected chi connectivity index (χ3v) is 3.93. The first-order valence-corrected chi connectivity index (χ1v) is 7.95. The lowest BCUT2D eigenvalue weighted by Crippen LogP contribution is -2.50. The van der Waals surface area contributed by atoms with Crippen LogP contribution in [0.15, 0.2) is 30.3 Å². The predicted octanol–water partition coefficient (Wildman–Crippen LogP) is -0.501. The summed E-state index contributed by atoms with van der Waals surface area (Å²) in [5, 5.41) is 11.3. The number of methoxy groups -OCH3 is 1. The van der Waals surface area contributed by atoms with Crippen molar-refractivity contribution in [3.8, 4) is 0 Å². The molecule has 4 N–H and O–H groups in total. The third-order valence-electron chi connectivity index (χ3n) is 3.93. The number of carbonyl (C=O) groups is 3. The van der Waals surface area contributed by atoms with Crippen LogP contribution in [0.5, 0.6) is 0 Å². The maximum absolute atomic E-state index is 12.6. The first-order chi connectivity index (χ1) is 11.9. The lowest BCUT2D eigenvalue weighted by molar-refractivity contribution is -0.138. The molecule has 1 aromatic rings. The van der Waals surface area contributed by atoms with E-state index in [0.717, 1.165) is 5.56 Å². The van der Waals surface area contributed by atoms with Crippen molar-refractivity contribution in [2.24, 2.45) is 5.73 Å². The monoisotopic (exact) mass is 350 g/mol. The van der Waals surface area contributed by atoms with Gasteiger partial charge in [-0.05, 0) is 18.4 Å². The van der Waals surface area contributed by atoms with Gasteiger partial charge in [0.15, 0.2) is 18.0 Å². The van der Waals surface area contributed by atoms with Crippen LogP contribution in [0.3, 0.4) is 0 Å². The zero-order chi connectivity index (χ0) is 18.4. The predicted molar refractivity (Wildman–Crippen MR) is 87.8 cm³/mol. The highest BCUT2D eigenvalue weighted by Crippen LogP contribution is 2.22. The van der Waals surface area contributed by atoms with Gasteiger partial charge in [0.25, 0.3) is 5.91 Å². The van der Waals surface area contributed by atoms with Gasteiger partial charge in [0.2, 0.25) is 0 Å². The standard InChI is InChI=1S/C17H22N2O6/c1-24-8-7-12(19-16(21)14-15(25-14)17(22)23)13(20)11(18)9-10-5-3-2-4-6-10/h2-6,11-12,14-15H,7-9,18H2,1H3,(H,19,21)(H,22,23)/t11-,12?,14-,15-/m0/s1. The first-order valence-electron chi connectivity index (χ1n) is 7.95. The minimum absolute atomic E-state index is 0.244. The van der Waals surface area contributed by atoms with E-state index in [0.29, 0.717) is 6.42 Å². The average molecular weight is 350 g/mol. The number of Topliss-reactive ketones (excluding diaryl/α,β-unsaturated/α-hetero) is 1. The molecule has 1 aliphatic heterocycles.